The molecule has 2 N–H and O–H groups in total. The first-order valence-corrected chi connectivity index (χ1v) is 9.68. The van der Waals surface area contributed by atoms with Gasteiger partial charge in [-0.2, -0.15) is 10.1 Å². The van der Waals surface area contributed by atoms with Crippen LogP contribution in [0.2, 0.25) is 0 Å². The molecule has 0 unspecified atom stereocenters. The van der Waals surface area contributed by atoms with Gasteiger partial charge in [0, 0.05) is 29.7 Å². The molecule has 1 fully saturated rings. The number of carbonyl (C=O) groups excluding carboxylic acids is 1. The molecule has 4 rings (SSSR count). The molecule has 0 aromatic carbocycles. The van der Waals surface area contributed by atoms with Crippen LogP contribution in [0, 0.1) is 13.8 Å². The van der Waals surface area contributed by atoms with Crippen molar-refractivity contribution >= 4 is 40.6 Å². The minimum absolute atomic E-state index is 0. The van der Waals surface area contributed by atoms with Crippen LogP contribution in [0.3, 0.4) is 0 Å². The van der Waals surface area contributed by atoms with Crippen molar-refractivity contribution in [1.82, 2.24) is 29.5 Å². The number of aryl methyl sites for hydroxylation is 3. The summed E-state index contributed by atoms with van der Waals surface area (Å²) in [5.41, 5.74) is 0.411. The molecule has 28 heavy (non-hydrogen) atoms. The van der Waals surface area contributed by atoms with E-state index in [1.807, 2.05) is 13.8 Å². The Morgan fingerprint density at radius 1 is 1.32 bits per heavy atom. The predicted molar refractivity (Wildman–Crippen MR) is 110 cm³/mol. The number of nitrogens with one attached hydrogen (secondary N) is 2. The highest BCUT2D eigenvalue weighted by Gasteiger charge is 2.23. The average molecular weight is 424 g/mol. The lowest BCUT2D eigenvalue weighted by Crippen LogP contribution is -2.27. The van der Waals surface area contributed by atoms with E-state index in [2.05, 4.69) is 25.7 Å². The molecule has 0 bridgehead atoms. The third-order valence-electron chi connectivity index (χ3n) is 4.97. The summed E-state index contributed by atoms with van der Waals surface area (Å²) >= 11 is 1.43. The summed E-state index contributed by atoms with van der Waals surface area (Å²) in [6, 6.07) is 0. The summed E-state index contributed by atoms with van der Waals surface area (Å²) in [5, 5.41) is 10.5. The van der Waals surface area contributed by atoms with Crippen LogP contribution < -0.4 is 16.2 Å². The lowest BCUT2D eigenvalue weighted by molar-refractivity contribution is 0.102. The number of aromatic nitrogens is 5. The minimum atomic E-state index is -0.530. The van der Waals surface area contributed by atoms with E-state index in [1.54, 1.807) is 11.7 Å². The Kier molecular flexibility index (Phi) is 5.82. The number of fused-ring (bicyclic) bond motifs is 1. The Balaban J connectivity index is 0.00000225. The molecule has 150 valence electrons. The van der Waals surface area contributed by atoms with E-state index < -0.39 is 5.91 Å². The summed E-state index contributed by atoms with van der Waals surface area (Å²) in [7, 11) is 1.73. The molecule has 0 saturated carbocycles. The van der Waals surface area contributed by atoms with Crippen molar-refractivity contribution in [3.8, 4) is 0 Å². The van der Waals surface area contributed by atoms with Gasteiger partial charge < -0.3 is 5.32 Å². The maximum atomic E-state index is 12.8. The number of hydrogen-bond acceptors (Lipinski definition) is 7. The fourth-order valence-corrected chi connectivity index (χ4v) is 4.20. The first-order chi connectivity index (χ1) is 13.0. The molecule has 1 saturated heterocycles. The maximum absolute atomic E-state index is 12.8. The van der Waals surface area contributed by atoms with Gasteiger partial charge >= 0.3 is 0 Å². The zero-order valence-electron chi connectivity index (χ0n) is 15.9. The number of rotatable bonds is 3. The first kappa shape index (κ1) is 20.4. The largest absolute Gasteiger partial charge is 0.317 e. The smallest absolute Gasteiger partial charge is 0.271 e. The van der Waals surface area contributed by atoms with E-state index in [0.717, 1.165) is 42.3 Å². The fourth-order valence-electron chi connectivity index (χ4n) is 3.27. The second kappa shape index (κ2) is 7.98. The van der Waals surface area contributed by atoms with Gasteiger partial charge in [-0.3, -0.25) is 19.3 Å². The fraction of sp³-hybridized carbons (Fsp3) is 0.471. The van der Waals surface area contributed by atoms with Crippen LogP contribution in [-0.4, -0.2) is 43.1 Å². The summed E-state index contributed by atoms with van der Waals surface area (Å²) in [6.45, 7) is 5.65. The molecular weight excluding hydrogens is 402 g/mol. The van der Waals surface area contributed by atoms with Crippen molar-refractivity contribution in [1.29, 1.82) is 0 Å². The summed E-state index contributed by atoms with van der Waals surface area (Å²) in [6.07, 6.45) is 3.26. The Hall–Kier alpha value is -2.30. The highest BCUT2D eigenvalue weighted by Crippen LogP contribution is 2.23. The Bertz CT molecular complexity index is 1080. The Labute approximate surface area is 171 Å². The van der Waals surface area contributed by atoms with Crippen LogP contribution in [0.4, 0.5) is 5.95 Å². The van der Waals surface area contributed by atoms with Gasteiger partial charge in [0.25, 0.3) is 11.5 Å². The van der Waals surface area contributed by atoms with E-state index in [1.165, 1.54) is 21.9 Å². The SMILES string of the molecule is Cc1sc2ncc(C(=O)Nc3nc(C4CCNCC4)nn3C)c(=O)n2c1C.Cl. The molecule has 1 aliphatic rings. The topological polar surface area (TPSA) is 106 Å². The second-order valence-corrected chi connectivity index (χ2v) is 7.92. The molecule has 1 amide bonds. The van der Waals surface area contributed by atoms with E-state index >= 15 is 0 Å². The number of carbonyl (C=O) groups is 1. The predicted octanol–water partition coefficient (Wildman–Crippen LogP) is 1.64. The first-order valence-electron chi connectivity index (χ1n) is 8.86. The van der Waals surface area contributed by atoms with Gasteiger partial charge in [-0.05, 0) is 39.8 Å². The van der Waals surface area contributed by atoms with Crippen LogP contribution in [0.25, 0.3) is 4.96 Å². The van der Waals surface area contributed by atoms with Crippen molar-refractivity contribution in [2.45, 2.75) is 32.6 Å². The zero-order chi connectivity index (χ0) is 19.1. The van der Waals surface area contributed by atoms with Crippen LogP contribution in [-0.2, 0) is 7.05 Å². The molecule has 4 heterocycles. The van der Waals surface area contributed by atoms with E-state index in [0.29, 0.717) is 10.9 Å². The lowest BCUT2D eigenvalue weighted by atomic mass is 9.98. The minimum Gasteiger partial charge on any atom is -0.317 e. The molecule has 3 aromatic heterocycles. The van der Waals surface area contributed by atoms with Gasteiger partial charge in [-0.15, -0.1) is 23.7 Å². The quantitative estimate of drug-likeness (QED) is 0.663. The highest BCUT2D eigenvalue weighted by atomic mass is 35.5. The molecule has 1 aliphatic heterocycles. The van der Waals surface area contributed by atoms with Crippen molar-refractivity contribution < 1.29 is 4.79 Å². The third kappa shape index (κ3) is 3.54. The van der Waals surface area contributed by atoms with Crippen molar-refractivity contribution in [3.63, 3.8) is 0 Å². The standard InChI is InChI=1S/C17H21N7O2S.ClH/c1-9-10(2)27-17-19-8-12(15(26)24(9)17)14(25)21-16-20-13(22-23(16)3)11-4-6-18-7-5-11;/h8,11,18H,4-7H2,1-3H3,(H,20,21,22,25);1H. The number of anilines is 1. The summed E-state index contributed by atoms with van der Waals surface area (Å²) < 4.78 is 3.02. The number of thiazole rings is 1. The number of halogens is 1. The maximum Gasteiger partial charge on any atom is 0.271 e. The molecule has 0 spiro atoms. The summed E-state index contributed by atoms with van der Waals surface area (Å²) in [4.78, 5) is 35.7. The van der Waals surface area contributed by atoms with Gasteiger partial charge in [0.05, 0.1) is 0 Å². The van der Waals surface area contributed by atoms with Gasteiger partial charge in [0.2, 0.25) is 5.95 Å². The molecule has 0 aliphatic carbocycles. The second-order valence-electron chi connectivity index (χ2n) is 6.73. The molecule has 9 nitrogen and oxygen atoms in total. The number of nitrogens with zero attached hydrogens (tertiary/aromatic N) is 5. The van der Waals surface area contributed by atoms with Crippen molar-refractivity contribution in [2.24, 2.45) is 7.05 Å². The molecular formula is C17H22ClN7O2S. The van der Waals surface area contributed by atoms with Crippen LogP contribution in [0.5, 0.6) is 0 Å². The summed E-state index contributed by atoms with van der Waals surface area (Å²) in [5.74, 6) is 0.806. The molecule has 0 radical (unpaired) electrons. The van der Waals surface area contributed by atoms with Gasteiger partial charge in [0.15, 0.2) is 10.8 Å². The lowest BCUT2D eigenvalue weighted by Gasteiger charge is -2.19. The van der Waals surface area contributed by atoms with E-state index in [4.69, 9.17) is 0 Å². The van der Waals surface area contributed by atoms with E-state index in [9.17, 15) is 9.59 Å². The number of amides is 1. The number of hydrogen-bond donors (Lipinski definition) is 2. The monoisotopic (exact) mass is 423 g/mol. The van der Waals surface area contributed by atoms with Crippen molar-refractivity contribution in [3.05, 3.63) is 38.5 Å². The van der Waals surface area contributed by atoms with E-state index in [-0.39, 0.29) is 29.4 Å². The van der Waals surface area contributed by atoms with Crippen LogP contribution in [0.1, 0.15) is 45.5 Å². The van der Waals surface area contributed by atoms with Crippen LogP contribution in [0.15, 0.2) is 11.0 Å². The van der Waals surface area contributed by atoms with Crippen molar-refractivity contribution in [2.75, 3.05) is 18.4 Å². The molecule has 11 heteroatoms. The Morgan fingerprint density at radius 2 is 2.04 bits per heavy atom. The Morgan fingerprint density at radius 3 is 2.75 bits per heavy atom. The van der Waals surface area contributed by atoms with Crippen LogP contribution >= 0.6 is 23.7 Å². The normalized spacial score (nSPS) is 14.8. The molecule has 0 atom stereocenters. The third-order valence-corrected chi connectivity index (χ3v) is 6.04. The number of piperidine rings is 1. The average Bonchev–Trinajstić information content (AvgIpc) is 3.16. The molecule has 3 aromatic rings. The van der Waals surface area contributed by atoms with Gasteiger partial charge in [-0.1, -0.05) is 0 Å². The van der Waals surface area contributed by atoms with Gasteiger partial charge in [-0.25, -0.2) is 9.67 Å². The zero-order valence-corrected chi connectivity index (χ0v) is 17.5. The highest BCUT2D eigenvalue weighted by molar-refractivity contribution is 7.17. The van der Waals surface area contributed by atoms with Gasteiger partial charge in [0.1, 0.15) is 5.56 Å².